The number of aromatic nitrogens is 2. The molecule has 2 aromatic heterocycles. The number of amides is 1. The van der Waals surface area contributed by atoms with Crippen LogP contribution < -0.4 is 4.90 Å². The van der Waals surface area contributed by atoms with E-state index in [1.807, 2.05) is 36.0 Å². The molecular formula is C22H24N4O5S. The third-order valence-corrected chi connectivity index (χ3v) is 6.59. The van der Waals surface area contributed by atoms with Crippen LogP contribution in [0.25, 0.3) is 21.7 Å². The summed E-state index contributed by atoms with van der Waals surface area (Å²) in [7, 11) is 0. The molecule has 2 aliphatic rings. The van der Waals surface area contributed by atoms with Gasteiger partial charge in [0, 0.05) is 24.7 Å². The lowest BCUT2D eigenvalue weighted by Crippen LogP contribution is -2.56. The average Bonchev–Trinajstić information content (AvgIpc) is 3.43. The van der Waals surface area contributed by atoms with Crippen LogP contribution in [0.5, 0.6) is 0 Å². The number of benzene rings is 1. The molecule has 2 bridgehead atoms. The van der Waals surface area contributed by atoms with E-state index in [2.05, 4.69) is 9.97 Å². The predicted molar refractivity (Wildman–Crippen MR) is 119 cm³/mol. The van der Waals surface area contributed by atoms with Crippen LogP contribution in [0.1, 0.15) is 44.0 Å². The van der Waals surface area contributed by atoms with Crippen molar-refractivity contribution in [2.45, 2.75) is 51.3 Å². The number of thiazole rings is 1. The Morgan fingerprint density at radius 2 is 1.94 bits per heavy atom. The first-order valence-corrected chi connectivity index (χ1v) is 11.4. The molecule has 4 heterocycles. The lowest BCUT2D eigenvalue weighted by molar-refractivity contribution is 0.0120. The molecule has 2 saturated heterocycles. The number of oxazole rings is 1. The summed E-state index contributed by atoms with van der Waals surface area (Å²) in [6, 6.07) is 3.61. The lowest BCUT2D eigenvalue weighted by atomic mass is 10.1. The van der Waals surface area contributed by atoms with Gasteiger partial charge < -0.3 is 19.2 Å². The van der Waals surface area contributed by atoms with Crippen molar-refractivity contribution >= 4 is 40.5 Å². The summed E-state index contributed by atoms with van der Waals surface area (Å²) in [6.07, 6.45) is 3.17. The Hall–Kier alpha value is -3.14. The van der Waals surface area contributed by atoms with Crippen molar-refractivity contribution in [3.8, 4) is 10.6 Å². The van der Waals surface area contributed by atoms with Crippen molar-refractivity contribution in [1.82, 2.24) is 14.9 Å². The Morgan fingerprint density at radius 1 is 1.22 bits per heavy atom. The first-order chi connectivity index (χ1) is 15.2. The SMILES string of the molecule is CC(C)(C)OC(=O)N1C2CCC1CN(c1nc3c(C(=O)O)ccc(-c4nccs4)c3o1)C2. The third-order valence-electron chi connectivity index (χ3n) is 5.78. The second kappa shape index (κ2) is 7.47. The highest BCUT2D eigenvalue weighted by atomic mass is 32.1. The maximum Gasteiger partial charge on any atom is 0.410 e. The van der Waals surface area contributed by atoms with E-state index >= 15 is 0 Å². The summed E-state index contributed by atoms with van der Waals surface area (Å²) in [5.74, 6) is -1.06. The normalized spacial score (nSPS) is 20.7. The standard InChI is InChI=1S/C22H24N4O5S/c1-22(2,3)31-21(29)26-12-4-5-13(26)11-25(10-12)20-24-16-14(19(27)28)6-7-15(17(16)30-20)18-23-8-9-32-18/h6-9,12-13H,4-5,10-11H2,1-3H3,(H,27,28). The highest BCUT2D eigenvalue weighted by molar-refractivity contribution is 7.13. The van der Waals surface area contributed by atoms with E-state index in [1.54, 1.807) is 12.3 Å². The van der Waals surface area contributed by atoms with Gasteiger partial charge in [-0.25, -0.2) is 14.6 Å². The molecule has 2 fully saturated rings. The second-order valence-corrected chi connectivity index (χ2v) is 10.0. The number of carboxylic acid groups (broad SMARTS) is 1. The summed E-state index contributed by atoms with van der Waals surface area (Å²) < 4.78 is 11.7. The average molecular weight is 457 g/mol. The third kappa shape index (κ3) is 3.58. The lowest BCUT2D eigenvalue weighted by Gasteiger charge is -2.40. The molecule has 5 rings (SSSR count). The van der Waals surface area contributed by atoms with E-state index in [9.17, 15) is 14.7 Å². The minimum absolute atomic E-state index is 0.00371. The van der Waals surface area contributed by atoms with Gasteiger partial charge in [-0.05, 0) is 45.7 Å². The van der Waals surface area contributed by atoms with Gasteiger partial charge in [0.25, 0.3) is 6.01 Å². The quantitative estimate of drug-likeness (QED) is 0.623. The smallest absolute Gasteiger partial charge is 0.410 e. The Kier molecular flexibility index (Phi) is 4.85. The van der Waals surface area contributed by atoms with E-state index in [1.165, 1.54) is 17.4 Å². The zero-order valence-corrected chi connectivity index (χ0v) is 18.9. The number of hydrogen-bond acceptors (Lipinski definition) is 8. The first-order valence-electron chi connectivity index (χ1n) is 10.5. The van der Waals surface area contributed by atoms with Gasteiger partial charge >= 0.3 is 12.1 Å². The van der Waals surface area contributed by atoms with Gasteiger partial charge in [0.1, 0.15) is 16.1 Å². The molecule has 3 aromatic rings. The van der Waals surface area contributed by atoms with Crippen molar-refractivity contribution in [3.63, 3.8) is 0 Å². The Bertz CT molecular complexity index is 1170. The number of carbonyl (C=O) groups excluding carboxylic acids is 1. The number of ether oxygens (including phenoxy) is 1. The van der Waals surface area contributed by atoms with Crippen molar-refractivity contribution in [3.05, 3.63) is 29.3 Å². The molecule has 10 heteroatoms. The molecule has 1 amide bonds. The second-order valence-electron chi connectivity index (χ2n) is 9.15. The maximum absolute atomic E-state index is 12.7. The fourth-order valence-electron chi connectivity index (χ4n) is 4.50. The topological polar surface area (TPSA) is 109 Å². The number of carboxylic acids is 1. The molecule has 32 heavy (non-hydrogen) atoms. The van der Waals surface area contributed by atoms with Crippen LogP contribution in [0.15, 0.2) is 28.1 Å². The fraction of sp³-hybridized carbons (Fsp3) is 0.455. The predicted octanol–water partition coefficient (Wildman–Crippen LogP) is 4.24. The van der Waals surface area contributed by atoms with Gasteiger partial charge in [-0.1, -0.05) is 0 Å². The number of fused-ring (bicyclic) bond motifs is 3. The zero-order chi connectivity index (χ0) is 22.6. The van der Waals surface area contributed by atoms with Gasteiger partial charge in [-0.2, -0.15) is 4.98 Å². The highest BCUT2D eigenvalue weighted by Gasteiger charge is 2.45. The molecule has 2 aliphatic heterocycles. The fourth-order valence-corrected chi connectivity index (χ4v) is 5.16. The molecule has 0 spiro atoms. The zero-order valence-electron chi connectivity index (χ0n) is 18.1. The van der Waals surface area contributed by atoms with Crippen LogP contribution >= 0.6 is 11.3 Å². The molecule has 0 radical (unpaired) electrons. The van der Waals surface area contributed by atoms with Crippen molar-refractivity contribution < 1.29 is 23.8 Å². The molecule has 168 valence electrons. The number of carbonyl (C=O) groups is 2. The molecule has 2 unspecified atom stereocenters. The molecule has 0 saturated carbocycles. The number of nitrogens with zero attached hydrogens (tertiary/aromatic N) is 4. The molecule has 1 aromatic carbocycles. The molecule has 2 atom stereocenters. The monoisotopic (exact) mass is 456 g/mol. The van der Waals surface area contributed by atoms with Crippen molar-refractivity contribution in [2.24, 2.45) is 0 Å². The van der Waals surface area contributed by atoms with E-state index in [-0.39, 0.29) is 23.7 Å². The number of piperazine rings is 1. The van der Waals surface area contributed by atoms with Crippen LogP contribution in [-0.4, -0.2) is 62.8 Å². The highest BCUT2D eigenvalue weighted by Crippen LogP contribution is 2.38. The Balaban J connectivity index is 1.48. The molecule has 9 nitrogen and oxygen atoms in total. The number of anilines is 1. The molecule has 1 N–H and O–H groups in total. The summed E-state index contributed by atoms with van der Waals surface area (Å²) in [5, 5.41) is 12.2. The Morgan fingerprint density at radius 3 is 2.53 bits per heavy atom. The summed E-state index contributed by atoms with van der Waals surface area (Å²) >= 11 is 1.45. The largest absolute Gasteiger partial charge is 0.478 e. The van der Waals surface area contributed by atoms with Crippen LogP contribution in [0.3, 0.4) is 0 Å². The molecular weight excluding hydrogens is 432 g/mol. The first kappa shape index (κ1) is 20.7. The minimum atomic E-state index is -1.06. The van der Waals surface area contributed by atoms with Gasteiger partial charge in [0.05, 0.1) is 23.2 Å². The number of rotatable bonds is 3. The van der Waals surface area contributed by atoms with Crippen LogP contribution in [-0.2, 0) is 4.74 Å². The summed E-state index contributed by atoms with van der Waals surface area (Å²) in [4.78, 5) is 37.3. The maximum atomic E-state index is 12.7. The van der Waals surface area contributed by atoms with Crippen LogP contribution in [0.2, 0.25) is 0 Å². The Labute approximate surface area is 188 Å². The molecule has 0 aliphatic carbocycles. The van der Waals surface area contributed by atoms with E-state index in [0.717, 1.165) is 17.8 Å². The summed E-state index contributed by atoms with van der Waals surface area (Å²) in [5.41, 5.74) is 0.978. The van der Waals surface area contributed by atoms with Crippen molar-refractivity contribution in [1.29, 1.82) is 0 Å². The van der Waals surface area contributed by atoms with E-state index in [4.69, 9.17) is 9.15 Å². The van der Waals surface area contributed by atoms with Gasteiger partial charge in [-0.3, -0.25) is 4.90 Å². The van der Waals surface area contributed by atoms with E-state index < -0.39 is 11.6 Å². The van der Waals surface area contributed by atoms with Gasteiger partial charge in [0.2, 0.25) is 0 Å². The minimum Gasteiger partial charge on any atom is -0.478 e. The van der Waals surface area contributed by atoms with Crippen LogP contribution in [0.4, 0.5) is 10.8 Å². The number of aromatic carboxylic acids is 1. The number of hydrogen-bond donors (Lipinski definition) is 1. The van der Waals surface area contributed by atoms with Crippen LogP contribution in [0, 0.1) is 0 Å². The van der Waals surface area contributed by atoms with Gasteiger partial charge in [-0.15, -0.1) is 11.3 Å². The summed E-state index contributed by atoms with van der Waals surface area (Å²) in [6.45, 7) is 6.69. The van der Waals surface area contributed by atoms with Crippen molar-refractivity contribution in [2.75, 3.05) is 18.0 Å². The van der Waals surface area contributed by atoms with E-state index in [0.29, 0.717) is 35.8 Å². The van der Waals surface area contributed by atoms with Gasteiger partial charge in [0.15, 0.2) is 5.58 Å².